The normalized spacial score (nSPS) is 10.2. The van der Waals surface area contributed by atoms with Gasteiger partial charge in [-0.1, -0.05) is 0 Å². The minimum Gasteiger partial charge on any atom is -0.384 e. The number of aromatic nitrogens is 2. The summed E-state index contributed by atoms with van der Waals surface area (Å²) in [5.74, 6) is 0. The van der Waals surface area contributed by atoms with E-state index in [1.54, 1.807) is 13.2 Å². The molecule has 1 rings (SSSR count). The first-order valence-electron chi connectivity index (χ1n) is 3.47. The van der Waals surface area contributed by atoms with Gasteiger partial charge in [-0.25, -0.2) is 5.10 Å². The van der Waals surface area contributed by atoms with Gasteiger partial charge < -0.3 is 4.74 Å². The number of nitrogens with zero attached hydrogens (tertiary/aromatic N) is 1. The number of nitrogens with one attached hydrogen (secondary N) is 1. The predicted octanol–water partition coefficient (Wildman–Crippen LogP) is 0.721. The molecule has 0 unspecified atom stereocenters. The number of aromatic amines is 1. The summed E-state index contributed by atoms with van der Waals surface area (Å²) in [6, 6.07) is 1.69. The fourth-order valence-electron chi connectivity index (χ4n) is 0.755. The maximum Gasteiger partial charge on any atom is 0.278 e. The van der Waals surface area contributed by atoms with Crippen LogP contribution in [-0.2, 0) is 11.2 Å². The second kappa shape index (κ2) is 4.37. The maximum absolute atomic E-state index is 10.8. The number of halogens is 1. The van der Waals surface area contributed by atoms with Crippen molar-refractivity contribution in [2.75, 3.05) is 13.7 Å². The van der Waals surface area contributed by atoms with Crippen molar-refractivity contribution in [1.29, 1.82) is 0 Å². The third-order valence-corrected chi connectivity index (χ3v) is 1.96. The van der Waals surface area contributed by atoms with Crippen LogP contribution in [0.5, 0.6) is 0 Å². The van der Waals surface area contributed by atoms with Gasteiger partial charge in [-0.2, -0.15) is 5.10 Å². The van der Waals surface area contributed by atoms with Crippen molar-refractivity contribution in [3.63, 3.8) is 0 Å². The molecule has 0 bridgehead atoms. The van der Waals surface area contributed by atoms with Crippen molar-refractivity contribution in [1.82, 2.24) is 10.2 Å². The molecule has 0 aromatic carbocycles. The molecule has 66 valence electrons. The fourth-order valence-corrected chi connectivity index (χ4v) is 1.11. The molecule has 1 aromatic rings. The Hall–Kier alpha value is -0.680. The van der Waals surface area contributed by atoms with Crippen LogP contribution >= 0.6 is 15.9 Å². The lowest BCUT2D eigenvalue weighted by molar-refractivity contribution is 0.201. The molecular formula is C7H9BrN2O2. The van der Waals surface area contributed by atoms with Gasteiger partial charge in [-0.15, -0.1) is 0 Å². The zero-order valence-electron chi connectivity index (χ0n) is 6.63. The molecule has 0 aliphatic carbocycles. The number of hydrogen-bond acceptors (Lipinski definition) is 3. The average molecular weight is 233 g/mol. The van der Waals surface area contributed by atoms with Crippen molar-refractivity contribution in [3.8, 4) is 0 Å². The molecule has 12 heavy (non-hydrogen) atoms. The lowest BCUT2D eigenvalue weighted by Gasteiger charge is -1.98. The number of H-pyrrole nitrogens is 1. The summed E-state index contributed by atoms with van der Waals surface area (Å²) in [7, 11) is 1.63. The largest absolute Gasteiger partial charge is 0.384 e. The van der Waals surface area contributed by atoms with E-state index in [4.69, 9.17) is 4.74 Å². The summed E-state index contributed by atoms with van der Waals surface area (Å²) >= 11 is 3.11. The SMILES string of the molecule is COCCc1cc(Br)c(=O)[nH]n1. The Morgan fingerprint density at radius 2 is 2.50 bits per heavy atom. The van der Waals surface area contributed by atoms with Crippen LogP contribution in [0.3, 0.4) is 0 Å². The molecule has 0 saturated heterocycles. The Kier molecular flexibility index (Phi) is 3.43. The van der Waals surface area contributed by atoms with Crippen molar-refractivity contribution in [3.05, 3.63) is 26.6 Å². The Balaban J connectivity index is 2.75. The molecule has 0 aliphatic rings. The molecule has 1 aromatic heterocycles. The second-order valence-electron chi connectivity index (χ2n) is 2.28. The van der Waals surface area contributed by atoms with Gasteiger partial charge in [-0.3, -0.25) is 4.79 Å². The van der Waals surface area contributed by atoms with Crippen LogP contribution in [0.25, 0.3) is 0 Å². The van der Waals surface area contributed by atoms with Gasteiger partial charge >= 0.3 is 0 Å². The fraction of sp³-hybridized carbons (Fsp3) is 0.429. The zero-order chi connectivity index (χ0) is 8.97. The van der Waals surface area contributed by atoms with Crippen LogP contribution in [0.4, 0.5) is 0 Å². The quantitative estimate of drug-likeness (QED) is 0.836. The molecule has 1 heterocycles. The van der Waals surface area contributed by atoms with Gasteiger partial charge in [-0.05, 0) is 22.0 Å². The van der Waals surface area contributed by atoms with Crippen LogP contribution in [0.15, 0.2) is 15.3 Å². The van der Waals surface area contributed by atoms with E-state index in [9.17, 15) is 4.79 Å². The Morgan fingerprint density at radius 3 is 3.08 bits per heavy atom. The zero-order valence-corrected chi connectivity index (χ0v) is 8.22. The number of hydrogen-bond donors (Lipinski definition) is 1. The van der Waals surface area contributed by atoms with Crippen molar-refractivity contribution < 1.29 is 4.74 Å². The van der Waals surface area contributed by atoms with Crippen LogP contribution in [-0.4, -0.2) is 23.9 Å². The average Bonchev–Trinajstić information content (AvgIpc) is 2.07. The molecule has 0 amide bonds. The predicted molar refractivity (Wildman–Crippen MR) is 48.1 cm³/mol. The monoisotopic (exact) mass is 232 g/mol. The molecule has 5 heteroatoms. The van der Waals surface area contributed by atoms with E-state index in [1.165, 1.54) is 0 Å². The van der Waals surface area contributed by atoms with Crippen molar-refractivity contribution >= 4 is 15.9 Å². The van der Waals surface area contributed by atoms with Gasteiger partial charge in [0, 0.05) is 13.5 Å². The standard InChI is InChI=1S/C7H9BrN2O2/c1-12-3-2-5-4-6(8)7(11)10-9-5/h4H,2-3H2,1H3,(H,10,11). The van der Waals surface area contributed by atoms with Gasteiger partial charge in [0.1, 0.15) is 0 Å². The van der Waals surface area contributed by atoms with E-state index >= 15 is 0 Å². The van der Waals surface area contributed by atoms with E-state index in [0.717, 1.165) is 5.69 Å². The highest BCUT2D eigenvalue weighted by atomic mass is 79.9. The highest BCUT2D eigenvalue weighted by Crippen LogP contribution is 2.03. The molecule has 0 saturated carbocycles. The third kappa shape index (κ3) is 2.42. The maximum atomic E-state index is 10.8. The van der Waals surface area contributed by atoms with E-state index in [-0.39, 0.29) is 5.56 Å². The van der Waals surface area contributed by atoms with Crippen LogP contribution in [0, 0.1) is 0 Å². The minimum atomic E-state index is -0.212. The first-order chi connectivity index (χ1) is 5.74. The van der Waals surface area contributed by atoms with E-state index in [1.807, 2.05) is 0 Å². The van der Waals surface area contributed by atoms with Crippen LogP contribution in [0.2, 0.25) is 0 Å². The van der Waals surface area contributed by atoms with Gasteiger partial charge in [0.05, 0.1) is 16.8 Å². The molecular weight excluding hydrogens is 224 g/mol. The van der Waals surface area contributed by atoms with E-state index in [0.29, 0.717) is 17.5 Å². The number of methoxy groups -OCH3 is 1. The second-order valence-corrected chi connectivity index (χ2v) is 3.13. The highest BCUT2D eigenvalue weighted by molar-refractivity contribution is 9.10. The van der Waals surface area contributed by atoms with Crippen LogP contribution in [0.1, 0.15) is 5.69 Å². The summed E-state index contributed by atoms with van der Waals surface area (Å²) in [5.41, 5.74) is 0.597. The number of rotatable bonds is 3. The van der Waals surface area contributed by atoms with E-state index < -0.39 is 0 Å². The third-order valence-electron chi connectivity index (χ3n) is 1.37. The lowest BCUT2D eigenvalue weighted by Crippen LogP contribution is -2.11. The topological polar surface area (TPSA) is 55.0 Å². The summed E-state index contributed by atoms with van der Waals surface area (Å²) < 4.78 is 5.37. The van der Waals surface area contributed by atoms with Crippen molar-refractivity contribution in [2.45, 2.75) is 6.42 Å². The summed E-state index contributed by atoms with van der Waals surface area (Å²) in [4.78, 5) is 10.8. The van der Waals surface area contributed by atoms with Crippen LogP contribution < -0.4 is 5.56 Å². The van der Waals surface area contributed by atoms with Crippen molar-refractivity contribution in [2.24, 2.45) is 0 Å². The Bertz CT molecular complexity index is 311. The molecule has 0 radical (unpaired) electrons. The van der Waals surface area contributed by atoms with Gasteiger partial charge in [0.2, 0.25) is 0 Å². The summed E-state index contributed by atoms with van der Waals surface area (Å²) in [6.07, 6.45) is 0.700. The van der Waals surface area contributed by atoms with Gasteiger partial charge in [0.25, 0.3) is 5.56 Å². The highest BCUT2D eigenvalue weighted by Gasteiger charge is 1.98. The van der Waals surface area contributed by atoms with Gasteiger partial charge in [0.15, 0.2) is 0 Å². The summed E-state index contributed by atoms with van der Waals surface area (Å²) in [6.45, 7) is 0.603. The summed E-state index contributed by atoms with van der Waals surface area (Å²) in [5, 5.41) is 6.20. The lowest BCUT2D eigenvalue weighted by atomic mass is 10.3. The molecule has 0 spiro atoms. The molecule has 0 atom stereocenters. The number of ether oxygens (including phenoxy) is 1. The molecule has 0 aliphatic heterocycles. The van der Waals surface area contributed by atoms with E-state index in [2.05, 4.69) is 26.1 Å². The molecule has 1 N–H and O–H groups in total. The Morgan fingerprint density at radius 1 is 1.75 bits per heavy atom. The first kappa shape index (κ1) is 9.41. The minimum absolute atomic E-state index is 0.212. The Labute approximate surface area is 78.1 Å². The molecule has 0 fully saturated rings. The molecule has 4 nitrogen and oxygen atoms in total. The first-order valence-corrected chi connectivity index (χ1v) is 4.26. The smallest absolute Gasteiger partial charge is 0.278 e.